The van der Waals surface area contributed by atoms with E-state index >= 15 is 0 Å². The van der Waals surface area contributed by atoms with Gasteiger partial charge in [0.2, 0.25) is 0 Å². The molecule has 0 radical (unpaired) electrons. The monoisotopic (exact) mass is 226 g/mol. The van der Waals surface area contributed by atoms with E-state index in [0.717, 1.165) is 17.7 Å². The summed E-state index contributed by atoms with van der Waals surface area (Å²) in [6.07, 6.45) is 4.91. The summed E-state index contributed by atoms with van der Waals surface area (Å²) in [7, 11) is 0. The molecule has 0 amide bonds. The molecule has 0 spiro atoms. The maximum Gasteiger partial charge on any atom is 0.0223 e. The largest absolute Gasteiger partial charge is 0.311 e. The highest BCUT2D eigenvalue weighted by Crippen LogP contribution is 2.33. The third kappa shape index (κ3) is 3.82. The van der Waals surface area contributed by atoms with Crippen LogP contribution in [-0.4, -0.2) is 48.6 Å². The summed E-state index contributed by atoms with van der Waals surface area (Å²) in [5, 5.41) is 3.65. The van der Waals surface area contributed by atoms with Crippen molar-refractivity contribution >= 4 is 11.8 Å². The second-order valence-corrected chi connectivity index (χ2v) is 5.71. The molecule has 1 saturated heterocycles. The van der Waals surface area contributed by atoms with Crippen LogP contribution in [0.1, 0.15) is 12.8 Å². The van der Waals surface area contributed by atoms with Crippen molar-refractivity contribution in [2.75, 3.05) is 37.7 Å². The van der Waals surface area contributed by atoms with E-state index < -0.39 is 0 Å². The Labute approximate surface area is 97.5 Å². The minimum atomic E-state index is 0.795. The predicted molar refractivity (Wildman–Crippen MR) is 68.5 cm³/mol. The van der Waals surface area contributed by atoms with Crippen LogP contribution in [0.3, 0.4) is 0 Å². The molecule has 2 rings (SSSR count). The van der Waals surface area contributed by atoms with Gasteiger partial charge in [0.25, 0.3) is 0 Å². The van der Waals surface area contributed by atoms with Gasteiger partial charge in [0.1, 0.15) is 0 Å². The van der Waals surface area contributed by atoms with E-state index in [9.17, 15) is 0 Å². The maximum absolute atomic E-state index is 3.74. The SMILES string of the molecule is C=CCSCCN1CCNC(C2CC2)C1. The van der Waals surface area contributed by atoms with Crippen LogP contribution in [0, 0.1) is 5.92 Å². The maximum atomic E-state index is 3.74. The zero-order chi connectivity index (χ0) is 10.5. The summed E-state index contributed by atoms with van der Waals surface area (Å²) >= 11 is 1.99. The third-order valence-electron chi connectivity index (χ3n) is 3.27. The van der Waals surface area contributed by atoms with E-state index in [2.05, 4.69) is 16.8 Å². The topological polar surface area (TPSA) is 15.3 Å². The Bertz CT molecular complexity index is 204. The van der Waals surface area contributed by atoms with Crippen molar-refractivity contribution in [3.8, 4) is 0 Å². The fourth-order valence-electron chi connectivity index (χ4n) is 2.22. The highest BCUT2D eigenvalue weighted by atomic mass is 32.2. The quantitative estimate of drug-likeness (QED) is 0.547. The standard InChI is InChI=1S/C12H22N2S/c1-2-8-15-9-7-14-6-5-13-12(10-14)11-3-4-11/h2,11-13H,1,3-10H2. The number of thioether (sulfide) groups is 1. The predicted octanol–water partition coefficient (Wildman–Crippen LogP) is 1.59. The van der Waals surface area contributed by atoms with Gasteiger partial charge in [-0.25, -0.2) is 0 Å². The highest BCUT2D eigenvalue weighted by molar-refractivity contribution is 7.99. The Hall–Kier alpha value is 0.01000. The van der Waals surface area contributed by atoms with Crippen LogP contribution >= 0.6 is 11.8 Å². The van der Waals surface area contributed by atoms with Crippen LogP contribution in [0.5, 0.6) is 0 Å². The summed E-state index contributed by atoms with van der Waals surface area (Å²) in [5.74, 6) is 3.34. The van der Waals surface area contributed by atoms with E-state index in [1.165, 1.54) is 44.8 Å². The van der Waals surface area contributed by atoms with Gasteiger partial charge in [-0.2, -0.15) is 11.8 Å². The van der Waals surface area contributed by atoms with Gasteiger partial charge in [-0.15, -0.1) is 6.58 Å². The van der Waals surface area contributed by atoms with Crippen LogP contribution in [0.4, 0.5) is 0 Å². The number of nitrogens with one attached hydrogen (secondary N) is 1. The summed E-state index contributed by atoms with van der Waals surface area (Å²) < 4.78 is 0. The van der Waals surface area contributed by atoms with Crippen LogP contribution in [0.2, 0.25) is 0 Å². The van der Waals surface area contributed by atoms with E-state index in [-0.39, 0.29) is 0 Å². The molecule has 1 aliphatic heterocycles. The summed E-state index contributed by atoms with van der Waals surface area (Å²) in [5.41, 5.74) is 0. The molecule has 0 aromatic heterocycles. The molecule has 15 heavy (non-hydrogen) atoms. The zero-order valence-corrected chi connectivity index (χ0v) is 10.3. The van der Waals surface area contributed by atoms with Crippen molar-refractivity contribution in [2.45, 2.75) is 18.9 Å². The molecular formula is C12H22N2S. The molecular weight excluding hydrogens is 204 g/mol. The Balaban J connectivity index is 1.61. The Morgan fingerprint density at radius 1 is 1.47 bits per heavy atom. The number of hydrogen-bond acceptors (Lipinski definition) is 3. The normalized spacial score (nSPS) is 27.9. The van der Waals surface area contributed by atoms with Crippen molar-refractivity contribution in [2.24, 2.45) is 5.92 Å². The van der Waals surface area contributed by atoms with Crippen molar-refractivity contribution in [3.05, 3.63) is 12.7 Å². The first-order valence-corrected chi connectivity index (χ1v) is 7.20. The molecule has 0 bridgehead atoms. The molecule has 0 aromatic rings. The fraction of sp³-hybridized carbons (Fsp3) is 0.833. The van der Waals surface area contributed by atoms with E-state index in [0.29, 0.717) is 0 Å². The average molecular weight is 226 g/mol. The van der Waals surface area contributed by atoms with Gasteiger partial charge >= 0.3 is 0 Å². The van der Waals surface area contributed by atoms with Crippen LogP contribution in [0.25, 0.3) is 0 Å². The molecule has 3 heteroatoms. The second kappa shape index (κ2) is 5.92. The highest BCUT2D eigenvalue weighted by Gasteiger charge is 2.33. The summed E-state index contributed by atoms with van der Waals surface area (Å²) in [6.45, 7) is 8.70. The Morgan fingerprint density at radius 2 is 2.33 bits per heavy atom. The van der Waals surface area contributed by atoms with Crippen molar-refractivity contribution in [3.63, 3.8) is 0 Å². The summed E-state index contributed by atoms with van der Waals surface area (Å²) in [6, 6.07) is 0.795. The molecule has 1 heterocycles. The first-order valence-electron chi connectivity index (χ1n) is 6.04. The van der Waals surface area contributed by atoms with Gasteiger partial charge in [0, 0.05) is 43.7 Å². The first-order chi connectivity index (χ1) is 7.40. The lowest BCUT2D eigenvalue weighted by molar-refractivity contribution is 0.198. The molecule has 2 fully saturated rings. The van der Waals surface area contributed by atoms with E-state index in [1.807, 2.05) is 17.8 Å². The molecule has 1 saturated carbocycles. The summed E-state index contributed by atoms with van der Waals surface area (Å²) in [4.78, 5) is 2.62. The van der Waals surface area contributed by atoms with E-state index in [4.69, 9.17) is 0 Å². The van der Waals surface area contributed by atoms with Gasteiger partial charge in [-0.3, -0.25) is 4.90 Å². The Morgan fingerprint density at radius 3 is 3.07 bits per heavy atom. The Kier molecular flexibility index (Phi) is 4.54. The van der Waals surface area contributed by atoms with Crippen LogP contribution in [-0.2, 0) is 0 Å². The van der Waals surface area contributed by atoms with Crippen molar-refractivity contribution in [1.82, 2.24) is 10.2 Å². The fourth-order valence-corrected chi connectivity index (χ4v) is 2.94. The molecule has 1 N–H and O–H groups in total. The first kappa shape index (κ1) is 11.5. The molecule has 2 aliphatic rings. The lowest BCUT2D eigenvalue weighted by atomic mass is 10.1. The number of nitrogens with zero attached hydrogens (tertiary/aromatic N) is 1. The lowest BCUT2D eigenvalue weighted by Crippen LogP contribution is -2.52. The molecule has 2 nitrogen and oxygen atoms in total. The molecule has 1 atom stereocenters. The van der Waals surface area contributed by atoms with Gasteiger partial charge in [0.05, 0.1) is 0 Å². The number of piperazine rings is 1. The van der Waals surface area contributed by atoms with Crippen LogP contribution < -0.4 is 5.32 Å². The molecule has 1 unspecified atom stereocenters. The average Bonchev–Trinajstić information content (AvgIpc) is 3.09. The molecule has 1 aliphatic carbocycles. The zero-order valence-electron chi connectivity index (χ0n) is 9.45. The van der Waals surface area contributed by atoms with Crippen molar-refractivity contribution in [1.29, 1.82) is 0 Å². The lowest BCUT2D eigenvalue weighted by Gasteiger charge is -2.33. The van der Waals surface area contributed by atoms with Crippen LogP contribution in [0.15, 0.2) is 12.7 Å². The van der Waals surface area contributed by atoms with Gasteiger partial charge < -0.3 is 5.32 Å². The van der Waals surface area contributed by atoms with Crippen molar-refractivity contribution < 1.29 is 0 Å². The minimum Gasteiger partial charge on any atom is -0.311 e. The minimum absolute atomic E-state index is 0.795. The second-order valence-electron chi connectivity index (χ2n) is 4.56. The number of hydrogen-bond donors (Lipinski definition) is 1. The van der Waals surface area contributed by atoms with E-state index in [1.54, 1.807) is 0 Å². The smallest absolute Gasteiger partial charge is 0.0223 e. The van der Waals surface area contributed by atoms with Gasteiger partial charge in [-0.1, -0.05) is 6.08 Å². The van der Waals surface area contributed by atoms with Gasteiger partial charge in [-0.05, 0) is 18.8 Å². The number of rotatable bonds is 6. The van der Waals surface area contributed by atoms with Gasteiger partial charge in [0.15, 0.2) is 0 Å². The molecule has 0 aromatic carbocycles. The third-order valence-corrected chi connectivity index (χ3v) is 4.21. The molecule has 86 valence electrons.